The fraction of sp³-hybridized carbons (Fsp3) is 0.316. The number of hydrogen-bond acceptors (Lipinski definition) is 3. The van der Waals surface area contributed by atoms with Gasteiger partial charge in [0, 0.05) is 11.0 Å². The molecule has 2 aromatic carbocycles. The molecule has 0 saturated heterocycles. The number of fused-ring (bicyclic) bond motifs is 1. The number of benzene rings is 2. The van der Waals surface area contributed by atoms with Gasteiger partial charge in [-0.05, 0) is 29.3 Å². The van der Waals surface area contributed by atoms with Crippen LogP contribution in [0, 0.1) is 5.41 Å². The maximum Gasteiger partial charge on any atom is 0.573 e. The molecular weight excluding hydrogens is 363 g/mol. The van der Waals surface area contributed by atoms with Crippen molar-refractivity contribution in [2.24, 2.45) is 5.41 Å². The third-order valence-electron chi connectivity index (χ3n) is 4.37. The fourth-order valence-electron chi connectivity index (χ4n) is 3.11. The van der Waals surface area contributed by atoms with Gasteiger partial charge >= 0.3 is 12.5 Å². The lowest BCUT2D eigenvalue weighted by Gasteiger charge is -2.39. The van der Waals surface area contributed by atoms with Crippen LogP contribution in [-0.2, 0) is 0 Å². The maximum absolute atomic E-state index is 12.4. The molecule has 2 N–H and O–H groups in total. The Balaban J connectivity index is 1.95. The van der Waals surface area contributed by atoms with Crippen LogP contribution < -0.4 is 14.8 Å². The molecule has 1 heterocycles. The molecule has 1 amide bonds. The van der Waals surface area contributed by atoms with E-state index in [0.717, 1.165) is 0 Å². The maximum atomic E-state index is 12.4. The summed E-state index contributed by atoms with van der Waals surface area (Å²) < 4.78 is 47.0. The highest BCUT2D eigenvalue weighted by molar-refractivity contribution is 5.69. The summed E-state index contributed by atoms with van der Waals surface area (Å²) in [6.45, 7) is 4.08. The summed E-state index contributed by atoms with van der Waals surface area (Å²) in [5, 5.41) is 11.6. The standard InChI is InChI=1S/C19H18F3NO4/c1-18(2)10-26-15-9-12(6-7-14(15)16(18)23-17(24)25)11-4-3-5-13(8-11)27-19(20,21)22/h3-9,16,23H,10H2,1-2H3,(H,24,25). The third-order valence-corrected chi connectivity index (χ3v) is 4.37. The molecule has 1 aliphatic rings. The van der Waals surface area contributed by atoms with Crippen LogP contribution >= 0.6 is 0 Å². The van der Waals surface area contributed by atoms with E-state index >= 15 is 0 Å². The van der Waals surface area contributed by atoms with E-state index in [2.05, 4.69) is 10.1 Å². The number of hydrogen-bond donors (Lipinski definition) is 2. The van der Waals surface area contributed by atoms with Crippen molar-refractivity contribution in [3.63, 3.8) is 0 Å². The molecule has 0 aliphatic carbocycles. The zero-order valence-corrected chi connectivity index (χ0v) is 14.6. The van der Waals surface area contributed by atoms with Gasteiger partial charge in [-0.2, -0.15) is 0 Å². The van der Waals surface area contributed by atoms with E-state index in [9.17, 15) is 18.0 Å². The van der Waals surface area contributed by atoms with E-state index in [4.69, 9.17) is 9.84 Å². The number of ether oxygens (including phenoxy) is 2. The topological polar surface area (TPSA) is 67.8 Å². The number of halogens is 3. The van der Waals surface area contributed by atoms with E-state index in [1.165, 1.54) is 18.2 Å². The van der Waals surface area contributed by atoms with E-state index in [-0.39, 0.29) is 5.75 Å². The molecule has 3 rings (SSSR count). The second kappa shape index (κ2) is 6.68. The van der Waals surface area contributed by atoms with Gasteiger partial charge in [0.2, 0.25) is 0 Å². The van der Waals surface area contributed by atoms with E-state index in [0.29, 0.717) is 29.0 Å². The van der Waals surface area contributed by atoms with Crippen LogP contribution in [0.5, 0.6) is 11.5 Å². The summed E-state index contributed by atoms with van der Waals surface area (Å²) in [5.41, 5.74) is 1.39. The van der Waals surface area contributed by atoms with Gasteiger partial charge in [-0.3, -0.25) is 0 Å². The predicted octanol–water partition coefficient (Wildman–Crippen LogP) is 4.98. The molecule has 0 bridgehead atoms. The molecule has 0 radical (unpaired) electrons. The molecule has 5 nitrogen and oxygen atoms in total. The summed E-state index contributed by atoms with van der Waals surface area (Å²) in [7, 11) is 0. The Bertz CT molecular complexity index is 864. The average Bonchev–Trinajstić information content (AvgIpc) is 2.55. The zero-order valence-electron chi connectivity index (χ0n) is 14.6. The predicted molar refractivity (Wildman–Crippen MR) is 91.7 cm³/mol. The van der Waals surface area contributed by atoms with Gasteiger partial charge in [-0.25, -0.2) is 4.79 Å². The fourth-order valence-corrected chi connectivity index (χ4v) is 3.11. The van der Waals surface area contributed by atoms with Crippen molar-refractivity contribution in [1.29, 1.82) is 0 Å². The van der Waals surface area contributed by atoms with Crippen molar-refractivity contribution in [2.75, 3.05) is 6.61 Å². The van der Waals surface area contributed by atoms with E-state index in [1.807, 2.05) is 13.8 Å². The normalized spacial score (nSPS) is 18.2. The summed E-state index contributed by atoms with van der Waals surface area (Å²) in [4.78, 5) is 11.1. The van der Waals surface area contributed by atoms with Crippen LogP contribution in [-0.4, -0.2) is 24.2 Å². The van der Waals surface area contributed by atoms with Crippen molar-refractivity contribution in [3.8, 4) is 22.6 Å². The van der Waals surface area contributed by atoms with Crippen molar-refractivity contribution in [2.45, 2.75) is 26.3 Å². The lowest BCUT2D eigenvalue weighted by molar-refractivity contribution is -0.274. The minimum atomic E-state index is -4.76. The van der Waals surface area contributed by atoms with Crippen LogP contribution in [0.3, 0.4) is 0 Å². The van der Waals surface area contributed by atoms with Gasteiger partial charge in [0.05, 0.1) is 12.6 Å². The first-order valence-corrected chi connectivity index (χ1v) is 8.17. The first-order chi connectivity index (χ1) is 12.5. The van der Waals surface area contributed by atoms with Gasteiger partial charge in [0.1, 0.15) is 11.5 Å². The van der Waals surface area contributed by atoms with Gasteiger partial charge in [-0.15, -0.1) is 13.2 Å². The molecule has 0 aromatic heterocycles. The number of carboxylic acid groups (broad SMARTS) is 1. The van der Waals surface area contributed by atoms with Crippen molar-refractivity contribution in [3.05, 3.63) is 48.0 Å². The van der Waals surface area contributed by atoms with E-state index < -0.39 is 23.9 Å². The number of nitrogens with one attached hydrogen (secondary N) is 1. The van der Waals surface area contributed by atoms with Gasteiger partial charge in [-0.1, -0.05) is 38.1 Å². The minimum absolute atomic E-state index is 0.297. The Hall–Kier alpha value is -2.90. The molecule has 2 aromatic rings. The second-order valence-corrected chi connectivity index (χ2v) is 6.99. The average molecular weight is 381 g/mol. The van der Waals surface area contributed by atoms with Gasteiger partial charge in [0.25, 0.3) is 0 Å². The van der Waals surface area contributed by atoms with Crippen molar-refractivity contribution < 1.29 is 32.5 Å². The Labute approximate surface area is 153 Å². The molecule has 8 heteroatoms. The van der Waals surface area contributed by atoms with Gasteiger partial charge in [0.15, 0.2) is 0 Å². The summed E-state index contributed by atoms with van der Waals surface area (Å²) in [6, 6.07) is 10.3. The Kier molecular flexibility index (Phi) is 4.67. The first kappa shape index (κ1) is 18.9. The highest BCUT2D eigenvalue weighted by atomic mass is 19.4. The SMILES string of the molecule is CC1(C)COc2cc(-c3cccc(OC(F)(F)F)c3)ccc2C1NC(=O)O. The number of alkyl halides is 3. The van der Waals surface area contributed by atoms with Crippen molar-refractivity contribution in [1.82, 2.24) is 5.32 Å². The van der Waals surface area contributed by atoms with Crippen LogP contribution in [0.4, 0.5) is 18.0 Å². The highest BCUT2D eigenvalue weighted by Crippen LogP contribution is 2.44. The van der Waals surface area contributed by atoms with Crippen LogP contribution in [0.2, 0.25) is 0 Å². The number of amides is 1. The Morgan fingerprint density at radius 1 is 1.22 bits per heavy atom. The molecule has 144 valence electrons. The number of rotatable bonds is 3. The minimum Gasteiger partial charge on any atom is -0.493 e. The van der Waals surface area contributed by atoms with Crippen molar-refractivity contribution >= 4 is 6.09 Å². The smallest absolute Gasteiger partial charge is 0.493 e. The largest absolute Gasteiger partial charge is 0.573 e. The monoisotopic (exact) mass is 381 g/mol. The molecule has 1 aliphatic heterocycles. The highest BCUT2D eigenvalue weighted by Gasteiger charge is 2.38. The second-order valence-electron chi connectivity index (χ2n) is 6.99. The zero-order chi connectivity index (χ0) is 19.8. The number of carbonyl (C=O) groups is 1. The summed E-state index contributed by atoms with van der Waals surface area (Å²) in [5.74, 6) is 0.179. The van der Waals surface area contributed by atoms with E-state index in [1.54, 1.807) is 24.3 Å². The molecule has 0 saturated carbocycles. The molecule has 1 atom stereocenters. The molecule has 0 fully saturated rings. The summed E-state index contributed by atoms with van der Waals surface area (Å²) >= 11 is 0. The molecular formula is C19H18F3NO4. The first-order valence-electron chi connectivity index (χ1n) is 8.17. The third kappa shape index (κ3) is 4.27. The Morgan fingerprint density at radius 2 is 1.93 bits per heavy atom. The van der Waals surface area contributed by atoms with Crippen LogP contribution in [0.15, 0.2) is 42.5 Å². The van der Waals surface area contributed by atoms with Crippen LogP contribution in [0.1, 0.15) is 25.5 Å². The Morgan fingerprint density at radius 3 is 2.59 bits per heavy atom. The van der Waals surface area contributed by atoms with Crippen LogP contribution in [0.25, 0.3) is 11.1 Å². The quantitative estimate of drug-likeness (QED) is 0.787. The molecule has 0 spiro atoms. The molecule has 27 heavy (non-hydrogen) atoms. The molecule has 1 unspecified atom stereocenters. The summed E-state index contributed by atoms with van der Waals surface area (Å²) in [6.07, 6.45) is -5.90. The lowest BCUT2D eigenvalue weighted by Crippen LogP contribution is -2.43. The lowest BCUT2D eigenvalue weighted by atomic mass is 9.78. The van der Waals surface area contributed by atoms with Gasteiger partial charge < -0.3 is 19.9 Å².